The quantitative estimate of drug-likeness (QED) is 0.256. The Morgan fingerprint density at radius 2 is 1.97 bits per heavy atom. The Labute approximate surface area is 216 Å². The Morgan fingerprint density at radius 3 is 2.62 bits per heavy atom. The van der Waals surface area contributed by atoms with E-state index in [1.165, 1.54) is 43.2 Å². The molecule has 4 rings (SSSR count). The average molecular weight is 583 g/mol. The molecule has 2 atom stereocenters. The van der Waals surface area contributed by atoms with E-state index < -0.39 is 4.92 Å². The molecule has 2 heterocycles. The van der Waals surface area contributed by atoms with Crippen molar-refractivity contribution >= 4 is 41.3 Å². The highest BCUT2D eigenvalue weighted by atomic mass is 127. The molecule has 2 aromatic carbocycles. The van der Waals surface area contributed by atoms with Crippen LogP contribution >= 0.6 is 24.0 Å². The van der Waals surface area contributed by atoms with Crippen LogP contribution in [0.2, 0.25) is 0 Å². The molecule has 9 heteroatoms. The van der Waals surface area contributed by atoms with Crippen LogP contribution in [0.5, 0.6) is 0 Å². The topological polar surface area (TPSA) is 75.9 Å². The van der Waals surface area contributed by atoms with Crippen molar-refractivity contribution in [2.24, 2.45) is 0 Å². The standard InChI is InChI=1S/C25H30FN3O4.HI/c1-3-24(27-12-4-5-13-27)33-21-9-6-18-15-19(26)7-11-23(18)28(16-21)25(30)22-10-8-20(29(31)32)14-17(22)2;/h7-8,10-11,14-15,21,24H,3-6,9,12-13,16H2,1-2H3;1H. The van der Waals surface area contributed by atoms with Gasteiger partial charge in [-0.1, -0.05) is 6.92 Å². The van der Waals surface area contributed by atoms with Crippen molar-refractivity contribution in [3.8, 4) is 0 Å². The fourth-order valence-corrected chi connectivity index (χ4v) is 4.87. The van der Waals surface area contributed by atoms with Crippen LogP contribution in [0.1, 0.15) is 54.1 Å². The number of benzene rings is 2. The minimum Gasteiger partial charge on any atom is -0.358 e. The molecule has 0 spiro atoms. The number of hydrogen-bond donors (Lipinski definition) is 0. The predicted molar refractivity (Wildman–Crippen MR) is 139 cm³/mol. The number of halogens is 2. The highest BCUT2D eigenvalue weighted by Gasteiger charge is 2.31. The van der Waals surface area contributed by atoms with Crippen LogP contribution in [0.15, 0.2) is 36.4 Å². The highest BCUT2D eigenvalue weighted by Crippen LogP contribution is 2.31. The van der Waals surface area contributed by atoms with Crippen LogP contribution in [0.25, 0.3) is 0 Å². The molecule has 2 unspecified atom stereocenters. The van der Waals surface area contributed by atoms with Gasteiger partial charge in [0.25, 0.3) is 11.6 Å². The van der Waals surface area contributed by atoms with Gasteiger partial charge in [-0.25, -0.2) is 4.39 Å². The number of ether oxygens (including phenoxy) is 1. The summed E-state index contributed by atoms with van der Waals surface area (Å²) >= 11 is 0. The maximum Gasteiger partial charge on any atom is 0.269 e. The monoisotopic (exact) mass is 583 g/mol. The first-order valence-corrected chi connectivity index (χ1v) is 11.6. The minimum absolute atomic E-state index is 0. The van der Waals surface area contributed by atoms with Crippen LogP contribution in [-0.2, 0) is 11.2 Å². The van der Waals surface area contributed by atoms with Crippen molar-refractivity contribution in [1.29, 1.82) is 0 Å². The lowest BCUT2D eigenvalue weighted by Gasteiger charge is -2.32. The van der Waals surface area contributed by atoms with Gasteiger partial charge in [0.1, 0.15) is 12.0 Å². The van der Waals surface area contributed by atoms with E-state index in [1.54, 1.807) is 17.9 Å². The molecule has 2 aliphatic heterocycles. The van der Waals surface area contributed by atoms with Crippen molar-refractivity contribution < 1.29 is 18.8 Å². The highest BCUT2D eigenvalue weighted by molar-refractivity contribution is 14.0. The van der Waals surface area contributed by atoms with Gasteiger partial charge in [-0.2, -0.15) is 0 Å². The van der Waals surface area contributed by atoms with Crippen LogP contribution in [-0.4, -0.2) is 47.7 Å². The zero-order valence-corrected chi connectivity index (χ0v) is 21.9. The number of nitrogens with zero attached hydrogens (tertiary/aromatic N) is 3. The molecule has 1 fully saturated rings. The number of hydrogen-bond acceptors (Lipinski definition) is 5. The molecule has 184 valence electrons. The summed E-state index contributed by atoms with van der Waals surface area (Å²) < 4.78 is 20.5. The van der Waals surface area contributed by atoms with Gasteiger partial charge < -0.3 is 9.64 Å². The summed E-state index contributed by atoms with van der Waals surface area (Å²) in [6.07, 6.45) is 4.27. The Bertz CT molecular complexity index is 1040. The second kappa shape index (κ2) is 11.5. The van der Waals surface area contributed by atoms with E-state index in [0.29, 0.717) is 36.2 Å². The minimum atomic E-state index is -0.474. The smallest absolute Gasteiger partial charge is 0.269 e. The summed E-state index contributed by atoms with van der Waals surface area (Å²) in [5.74, 6) is -0.601. The van der Waals surface area contributed by atoms with Crippen molar-refractivity contribution in [3.05, 3.63) is 69.0 Å². The molecule has 34 heavy (non-hydrogen) atoms. The van der Waals surface area contributed by atoms with Crippen molar-refractivity contribution in [2.75, 3.05) is 24.5 Å². The molecular weight excluding hydrogens is 552 g/mol. The number of nitro benzene ring substituents is 1. The number of rotatable bonds is 6. The summed E-state index contributed by atoms with van der Waals surface area (Å²) in [5, 5.41) is 11.1. The third kappa shape index (κ3) is 5.75. The van der Waals surface area contributed by atoms with E-state index >= 15 is 0 Å². The number of fused-ring (bicyclic) bond motifs is 1. The second-order valence-corrected chi connectivity index (χ2v) is 8.85. The predicted octanol–water partition coefficient (Wildman–Crippen LogP) is 5.47. The average Bonchev–Trinajstić information content (AvgIpc) is 3.27. The Balaban J connectivity index is 0.00000324. The van der Waals surface area contributed by atoms with Gasteiger partial charge in [-0.15, -0.1) is 24.0 Å². The summed E-state index contributed by atoms with van der Waals surface area (Å²) in [5.41, 5.74) is 2.30. The molecule has 1 amide bonds. The van der Waals surface area contributed by atoms with E-state index in [2.05, 4.69) is 11.8 Å². The summed E-state index contributed by atoms with van der Waals surface area (Å²) in [4.78, 5) is 28.3. The van der Waals surface area contributed by atoms with Gasteiger partial charge in [-0.3, -0.25) is 19.8 Å². The van der Waals surface area contributed by atoms with Crippen molar-refractivity contribution in [2.45, 2.75) is 58.3 Å². The molecule has 0 aromatic heterocycles. The normalized spacial score (nSPS) is 19.1. The molecule has 0 saturated carbocycles. The number of carbonyl (C=O) groups excluding carboxylic acids is 1. The van der Waals surface area contributed by atoms with Crippen molar-refractivity contribution in [3.63, 3.8) is 0 Å². The van der Waals surface area contributed by atoms with Gasteiger partial charge >= 0.3 is 0 Å². The number of amides is 1. The van der Waals surface area contributed by atoms with Gasteiger partial charge in [0.15, 0.2) is 0 Å². The number of aryl methyl sites for hydroxylation is 2. The van der Waals surface area contributed by atoms with Gasteiger partial charge in [0.2, 0.25) is 0 Å². The number of carbonyl (C=O) groups is 1. The van der Waals surface area contributed by atoms with E-state index in [0.717, 1.165) is 25.1 Å². The maximum atomic E-state index is 14.0. The Kier molecular flexibility index (Phi) is 9.00. The first kappa shape index (κ1) is 26.5. The van der Waals surface area contributed by atoms with Gasteiger partial charge in [0, 0.05) is 36.5 Å². The van der Waals surface area contributed by atoms with Gasteiger partial charge in [-0.05, 0) is 74.4 Å². The number of non-ortho nitro benzene ring substituents is 1. The van der Waals surface area contributed by atoms with Crippen LogP contribution < -0.4 is 4.90 Å². The van der Waals surface area contributed by atoms with E-state index in [-0.39, 0.29) is 53.7 Å². The molecule has 2 aromatic rings. The third-order valence-corrected chi connectivity index (χ3v) is 6.60. The number of nitro groups is 1. The Morgan fingerprint density at radius 1 is 1.24 bits per heavy atom. The van der Waals surface area contributed by atoms with E-state index in [4.69, 9.17) is 4.74 Å². The third-order valence-electron chi connectivity index (χ3n) is 6.60. The molecular formula is C25H31FIN3O4. The fraction of sp³-hybridized carbons (Fsp3) is 0.480. The maximum absolute atomic E-state index is 14.0. The zero-order valence-electron chi connectivity index (χ0n) is 19.5. The Hall–Kier alpha value is -2.11. The molecule has 1 saturated heterocycles. The second-order valence-electron chi connectivity index (χ2n) is 8.85. The fourth-order valence-electron chi connectivity index (χ4n) is 4.87. The SMILES string of the molecule is CCC(OC1CCc2cc(F)ccc2N(C(=O)c2ccc([N+](=O)[O-])cc2C)C1)N1CCCC1.I. The molecule has 2 aliphatic rings. The zero-order chi connectivity index (χ0) is 23.5. The van der Waals surface area contributed by atoms with Crippen LogP contribution in [0.4, 0.5) is 15.8 Å². The van der Waals surface area contributed by atoms with Crippen LogP contribution in [0, 0.1) is 22.9 Å². The molecule has 0 bridgehead atoms. The first-order valence-electron chi connectivity index (χ1n) is 11.6. The number of likely N-dealkylation sites (tertiary alicyclic amines) is 1. The molecule has 0 radical (unpaired) electrons. The summed E-state index contributed by atoms with van der Waals surface area (Å²) in [7, 11) is 0. The first-order chi connectivity index (χ1) is 15.9. The molecule has 0 aliphatic carbocycles. The molecule has 7 nitrogen and oxygen atoms in total. The summed E-state index contributed by atoms with van der Waals surface area (Å²) in [6.45, 7) is 6.17. The van der Waals surface area contributed by atoms with E-state index in [1.807, 2.05) is 0 Å². The lowest BCUT2D eigenvalue weighted by molar-refractivity contribution is -0.384. The van der Waals surface area contributed by atoms with Gasteiger partial charge in [0.05, 0.1) is 17.6 Å². The largest absolute Gasteiger partial charge is 0.358 e. The van der Waals surface area contributed by atoms with E-state index in [9.17, 15) is 19.3 Å². The van der Waals surface area contributed by atoms with Crippen LogP contribution in [0.3, 0.4) is 0 Å². The van der Waals surface area contributed by atoms with Crippen molar-refractivity contribution in [1.82, 2.24) is 4.90 Å². The number of anilines is 1. The summed E-state index contributed by atoms with van der Waals surface area (Å²) in [6, 6.07) is 8.74. The lowest BCUT2D eigenvalue weighted by Crippen LogP contribution is -2.43. The lowest BCUT2D eigenvalue weighted by atomic mass is 10.0. The molecule has 0 N–H and O–H groups in total.